The summed E-state index contributed by atoms with van der Waals surface area (Å²) in [7, 11) is 0. The van der Waals surface area contributed by atoms with Crippen molar-refractivity contribution < 1.29 is 32.6 Å². The number of amides is 1. The molecule has 0 spiro atoms. The number of rotatable bonds is 5. The van der Waals surface area contributed by atoms with E-state index in [1.54, 1.807) is 30.3 Å². The quantitative estimate of drug-likeness (QED) is 0.840. The van der Waals surface area contributed by atoms with E-state index in [0.29, 0.717) is 11.6 Å². The summed E-state index contributed by atoms with van der Waals surface area (Å²) in [5.41, 5.74) is -2.65. The number of nitrogens with one attached hydrogen (secondary N) is 1. The Balaban J connectivity index is 2.19. The van der Waals surface area contributed by atoms with Gasteiger partial charge >= 0.3 is 18.2 Å². The number of benzene rings is 2. The minimum atomic E-state index is -4.64. The van der Waals surface area contributed by atoms with Crippen LogP contribution in [0.15, 0.2) is 54.6 Å². The van der Waals surface area contributed by atoms with E-state index in [2.05, 4.69) is 5.32 Å². The van der Waals surface area contributed by atoms with Crippen molar-refractivity contribution in [3.8, 4) is 0 Å². The number of carbonyl (C=O) groups excluding carboxylic acids is 1. The van der Waals surface area contributed by atoms with Gasteiger partial charge in [0.2, 0.25) is 0 Å². The van der Waals surface area contributed by atoms with Crippen LogP contribution in [0.25, 0.3) is 0 Å². The van der Waals surface area contributed by atoms with Gasteiger partial charge in [0.05, 0.1) is 5.56 Å². The molecule has 0 fully saturated rings. The number of halogens is 3. The first kappa shape index (κ1) is 19.3. The maximum Gasteiger partial charge on any atom is 0.416 e. The molecule has 0 aliphatic carbocycles. The van der Waals surface area contributed by atoms with Gasteiger partial charge in [-0.3, -0.25) is 0 Å². The number of carboxylic acids is 1. The fraction of sp³-hybridized carbons (Fsp3) is 0.222. The molecule has 0 aliphatic heterocycles. The first-order valence-corrected chi connectivity index (χ1v) is 7.53. The largest absolute Gasteiger partial charge is 0.479 e. The lowest BCUT2D eigenvalue weighted by Gasteiger charge is -2.27. The normalized spacial score (nSPS) is 13.5. The van der Waals surface area contributed by atoms with Gasteiger partial charge in [0, 0.05) is 0 Å². The molecule has 5 nitrogen and oxygen atoms in total. The minimum Gasteiger partial charge on any atom is -0.479 e. The highest BCUT2D eigenvalue weighted by molar-refractivity contribution is 5.85. The van der Waals surface area contributed by atoms with E-state index in [0.717, 1.165) is 19.1 Å². The Bertz CT molecular complexity index is 793. The monoisotopic (exact) mass is 367 g/mol. The average molecular weight is 367 g/mol. The van der Waals surface area contributed by atoms with Crippen LogP contribution in [0.3, 0.4) is 0 Å². The SMILES string of the molecule is CC(NC(=O)OCc1ccccc1)(C(=O)O)c1cccc(C(F)(F)F)c1. The summed E-state index contributed by atoms with van der Waals surface area (Å²) >= 11 is 0. The van der Waals surface area contributed by atoms with Crippen molar-refractivity contribution in [2.75, 3.05) is 0 Å². The standard InChI is InChI=1S/C18H16F3NO4/c1-17(15(23)24,13-8-5-9-14(10-13)18(19,20)21)22-16(25)26-11-12-6-3-2-4-7-12/h2-10H,11H2,1H3,(H,22,25)(H,23,24). The number of alkyl carbamates (subject to hydrolysis) is 1. The van der Waals surface area contributed by atoms with Gasteiger partial charge in [0.1, 0.15) is 6.61 Å². The van der Waals surface area contributed by atoms with Crippen molar-refractivity contribution in [1.82, 2.24) is 5.32 Å². The van der Waals surface area contributed by atoms with Gasteiger partial charge < -0.3 is 15.2 Å². The molecular weight excluding hydrogens is 351 g/mol. The number of hydrogen-bond donors (Lipinski definition) is 2. The van der Waals surface area contributed by atoms with Crippen molar-refractivity contribution in [1.29, 1.82) is 0 Å². The summed E-state index contributed by atoms with van der Waals surface area (Å²) in [5, 5.41) is 11.6. The molecule has 1 atom stereocenters. The van der Waals surface area contributed by atoms with Crippen LogP contribution in [0.1, 0.15) is 23.6 Å². The van der Waals surface area contributed by atoms with E-state index >= 15 is 0 Å². The Morgan fingerprint density at radius 1 is 1.04 bits per heavy atom. The summed E-state index contributed by atoms with van der Waals surface area (Å²) in [6.07, 6.45) is -5.69. The number of aliphatic carboxylic acids is 1. The lowest BCUT2D eigenvalue weighted by molar-refractivity contribution is -0.145. The van der Waals surface area contributed by atoms with E-state index in [1.165, 1.54) is 6.07 Å². The van der Waals surface area contributed by atoms with E-state index in [-0.39, 0.29) is 12.2 Å². The first-order valence-electron chi connectivity index (χ1n) is 7.53. The molecule has 1 unspecified atom stereocenters. The van der Waals surface area contributed by atoms with Gasteiger partial charge in [0.25, 0.3) is 0 Å². The van der Waals surface area contributed by atoms with E-state index in [4.69, 9.17) is 4.74 Å². The molecule has 2 aromatic carbocycles. The molecule has 0 saturated heterocycles. The number of carbonyl (C=O) groups is 2. The topological polar surface area (TPSA) is 75.6 Å². The zero-order chi connectivity index (χ0) is 19.4. The molecular formula is C18H16F3NO4. The van der Waals surface area contributed by atoms with Crippen LogP contribution in [-0.4, -0.2) is 17.2 Å². The maximum absolute atomic E-state index is 12.9. The van der Waals surface area contributed by atoms with Crippen molar-refractivity contribution in [2.24, 2.45) is 0 Å². The lowest BCUT2D eigenvalue weighted by atomic mass is 9.91. The highest BCUT2D eigenvalue weighted by Crippen LogP contribution is 2.32. The van der Waals surface area contributed by atoms with Crippen LogP contribution in [-0.2, 0) is 27.9 Å². The molecule has 2 N–H and O–H groups in total. The summed E-state index contributed by atoms with van der Waals surface area (Å²) in [6.45, 7) is 0.986. The Morgan fingerprint density at radius 2 is 1.65 bits per heavy atom. The number of carboxylic acid groups (broad SMARTS) is 1. The van der Waals surface area contributed by atoms with E-state index < -0.39 is 29.3 Å². The third-order valence-corrected chi connectivity index (χ3v) is 3.76. The van der Waals surface area contributed by atoms with Crippen LogP contribution in [0.5, 0.6) is 0 Å². The van der Waals surface area contributed by atoms with Crippen molar-refractivity contribution in [2.45, 2.75) is 25.2 Å². The Hall–Kier alpha value is -3.03. The number of ether oxygens (including phenoxy) is 1. The van der Waals surface area contributed by atoms with Crippen molar-refractivity contribution in [3.63, 3.8) is 0 Å². The molecule has 0 radical (unpaired) electrons. The average Bonchev–Trinajstić information content (AvgIpc) is 2.60. The zero-order valence-electron chi connectivity index (χ0n) is 13.7. The predicted octanol–water partition coefficient (Wildman–Crippen LogP) is 3.93. The highest BCUT2D eigenvalue weighted by Gasteiger charge is 2.39. The lowest BCUT2D eigenvalue weighted by Crippen LogP contribution is -2.49. The molecule has 8 heteroatoms. The van der Waals surface area contributed by atoms with Crippen molar-refractivity contribution in [3.05, 3.63) is 71.3 Å². The fourth-order valence-corrected chi connectivity index (χ4v) is 2.22. The Morgan fingerprint density at radius 3 is 2.23 bits per heavy atom. The predicted molar refractivity (Wildman–Crippen MR) is 86.2 cm³/mol. The number of alkyl halides is 3. The van der Waals surface area contributed by atoms with Gasteiger partial charge in [-0.25, -0.2) is 9.59 Å². The van der Waals surface area contributed by atoms with E-state index in [1.807, 2.05) is 0 Å². The fourth-order valence-electron chi connectivity index (χ4n) is 2.22. The van der Waals surface area contributed by atoms with Gasteiger partial charge in [-0.1, -0.05) is 42.5 Å². The molecule has 2 rings (SSSR count). The summed E-state index contributed by atoms with van der Waals surface area (Å²) in [4.78, 5) is 23.6. The second-order valence-corrected chi connectivity index (χ2v) is 5.70. The molecule has 0 aliphatic rings. The molecule has 0 aromatic heterocycles. The summed E-state index contributed by atoms with van der Waals surface area (Å²) in [5.74, 6) is -1.52. The van der Waals surface area contributed by atoms with Crippen LogP contribution in [0.4, 0.5) is 18.0 Å². The second-order valence-electron chi connectivity index (χ2n) is 5.70. The number of hydrogen-bond acceptors (Lipinski definition) is 3. The third-order valence-electron chi connectivity index (χ3n) is 3.76. The van der Waals surface area contributed by atoms with Gasteiger partial charge in [-0.2, -0.15) is 13.2 Å². The molecule has 0 heterocycles. The highest BCUT2D eigenvalue weighted by atomic mass is 19.4. The third kappa shape index (κ3) is 4.53. The van der Waals surface area contributed by atoms with Gasteiger partial charge in [-0.05, 0) is 30.2 Å². The van der Waals surface area contributed by atoms with Gasteiger partial charge in [0.15, 0.2) is 5.54 Å². The molecule has 0 saturated carbocycles. The molecule has 0 bridgehead atoms. The Labute approximate surface area is 147 Å². The maximum atomic E-state index is 12.9. The first-order chi connectivity index (χ1) is 12.1. The smallest absolute Gasteiger partial charge is 0.416 e. The van der Waals surface area contributed by atoms with Crippen LogP contribution in [0, 0.1) is 0 Å². The van der Waals surface area contributed by atoms with Crippen LogP contribution >= 0.6 is 0 Å². The van der Waals surface area contributed by atoms with Crippen LogP contribution in [0.2, 0.25) is 0 Å². The molecule has 1 amide bonds. The zero-order valence-corrected chi connectivity index (χ0v) is 13.7. The second kappa shape index (κ2) is 7.47. The van der Waals surface area contributed by atoms with Crippen molar-refractivity contribution >= 4 is 12.1 Å². The van der Waals surface area contributed by atoms with Crippen LogP contribution < -0.4 is 5.32 Å². The summed E-state index contributed by atoms with van der Waals surface area (Å²) in [6, 6.07) is 12.4. The van der Waals surface area contributed by atoms with E-state index in [9.17, 15) is 27.9 Å². The Kier molecular flexibility index (Phi) is 5.54. The molecule has 138 valence electrons. The minimum absolute atomic E-state index is 0.106. The van der Waals surface area contributed by atoms with Gasteiger partial charge in [-0.15, -0.1) is 0 Å². The summed E-state index contributed by atoms with van der Waals surface area (Å²) < 4.78 is 43.6. The molecule has 2 aromatic rings. The molecule has 26 heavy (non-hydrogen) atoms.